The second-order valence-corrected chi connectivity index (χ2v) is 6.19. The van der Waals surface area contributed by atoms with Crippen LogP contribution < -0.4 is 10.5 Å². The molecule has 0 fully saturated rings. The molecular weight excluding hydrogens is 282 g/mol. The van der Waals surface area contributed by atoms with Crippen molar-refractivity contribution in [2.75, 3.05) is 0 Å². The number of aromatic nitrogens is 1. The number of rotatable bonds is 5. The van der Waals surface area contributed by atoms with Gasteiger partial charge in [0.1, 0.15) is 16.4 Å². The van der Waals surface area contributed by atoms with Crippen molar-refractivity contribution in [2.45, 2.75) is 38.8 Å². The van der Waals surface area contributed by atoms with Crippen LogP contribution in [0.1, 0.15) is 28.5 Å². The van der Waals surface area contributed by atoms with E-state index in [-0.39, 0.29) is 18.0 Å². The molecular formula is C12H17N3O4S. The zero-order valence-corrected chi connectivity index (χ0v) is 12.4. The first-order valence-corrected chi connectivity index (χ1v) is 7.54. The topological polar surface area (TPSA) is 111 Å². The monoisotopic (exact) mass is 299 g/mol. The number of hydrogen-bond acceptors (Lipinski definition) is 6. The average molecular weight is 299 g/mol. The quantitative estimate of drug-likeness (QED) is 0.856. The van der Waals surface area contributed by atoms with Gasteiger partial charge in [0.15, 0.2) is 5.76 Å². The SMILES string of the molecule is Cc1cc(CNS(=O)(=O)c2c(C)oc(C)c2CN)on1. The van der Waals surface area contributed by atoms with E-state index in [0.717, 1.165) is 0 Å². The Hall–Kier alpha value is -1.64. The zero-order chi connectivity index (χ0) is 14.9. The molecule has 0 aliphatic carbocycles. The van der Waals surface area contributed by atoms with Crippen LogP contribution in [0.5, 0.6) is 0 Å². The maximum Gasteiger partial charge on any atom is 0.244 e. The predicted molar refractivity (Wildman–Crippen MR) is 71.3 cm³/mol. The summed E-state index contributed by atoms with van der Waals surface area (Å²) in [5.74, 6) is 1.28. The Bertz CT molecular complexity index is 715. The molecule has 110 valence electrons. The van der Waals surface area contributed by atoms with Gasteiger partial charge in [0.25, 0.3) is 0 Å². The van der Waals surface area contributed by atoms with Crippen LogP contribution in [0.4, 0.5) is 0 Å². The van der Waals surface area contributed by atoms with Gasteiger partial charge in [-0.15, -0.1) is 0 Å². The van der Waals surface area contributed by atoms with Gasteiger partial charge in [-0.25, -0.2) is 13.1 Å². The van der Waals surface area contributed by atoms with Gasteiger partial charge in [0.2, 0.25) is 10.0 Å². The average Bonchev–Trinajstić information content (AvgIpc) is 2.90. The lowest BCUT2D eigenvalue weighted by Crippen LogP contribution is -2.24. The fourth-order valence-corrected chi connectivity index (χ4v) is 3.48. The van der Waals surface area contributed by atoms with Crippen molar-refractivity contribution in [3.63, 3.8) is 0 Å². The second kappa shape index (κ2) is 5.39. The van der Waals surface area contributed by atoms with Crippen LogP contribution in [0.2, 0.25) is 0 Å². The van der Waals surface area contributed by atoms with E-state index in [1.807, 2.05) is 0 Å². The lowest BCUT2D eigenvalue weighted by molar-refractivity contribution is 0.377. The van der Waals surface area contributed by atoms with Gasteiger partial charge >= 0.3 is 0 Å². The lowest BCUT2D eigenvalue weighted by Gasteiger charge is -2.06. The molecule has 2 rings (SSSR count). The first kappa shape index (κ1) is 14.8. The van der Waals surface area contributed by atoms with Crippen LogP contribution in [-0.4, -0.2) is 13.6 Å². The Balaban J connectivity index is 2.27. The predicted octanol–water partition coefficient (Wildman–Crippen LogP) is 1.13. The van der Waals surface area contributed by atoms with E-state index in [2.05, 4.69) is 9.88 Å². The highest BCUT2D eigenvalue weighted by Gasteiger charge is 2.26. The molecule has 0 bridgehead atoms. The highest BCUT2D eigenvalue weighted by molar-refractivity contribution is 7.89. The standard InChI is InChI=1S/C12H17N3O4S/c1-7-4-10(19-15-7)6-14-20(16,17)12-9(3)18-8(2)11(12)5-13/h4,14H,5-6,13H2,1-3H3. The molecule has 0 spiro atoms. The number of nitrogens with one attached hydrogen (secondary N) is 1. The van der Waals surface area contributed by atoms with Crippen LogP contribution in [0.15, 0.2) is 19.9 Å². The normalized spacial score (nSPS) is 12.0. The molecule has 7 nitrogen and oxygen atoms in total. The Kier molecular flexibility index (Phi) is 3.98. The third-order valence-electron chi connectivity index (χ3n) is 2.91. The molecule has 3 N–H and O–H groups in total. The largest absolute Gasteiger partial charge is 0.465 e. The molecule has 0 aliphatic heterocycles. The summed E-state index contributed by atoms with van der Waals surface area (Å²) in [5.41, 5.74) is 6.77. The Morgan fingerprint density at radius 1 is 1.30 bits per heavy atom. The van der Waals surface area contributed by atoms with Crippen molar-refractivity contribution < 1.29 is 17.4 Å². The highest BCUT2D eigenvalue weighted by atomic mass is 32.2. The van der Waals surface area contributed by atoms with Gasteiger partial charge in [0.05, 0.1) is 12.2 Å². The van der Waals surface area contributed by atoms with Crippen LogP contribution in [0.3, 0.4) is 0 Å². The van der Waals surface area contributed by atoms with E-state index in [0.29, 0.717) is 28.5 Å². The van der Waals surface area contributed by atoms with E-state index in [1.165, 1.54) is 0 Å². The minimum absolute atomic E-state index is 0.0247. The highest BCUT2D eigenvalue weighted by Crippen LogP contribution is 2.26. The summed E-state index contributed by atoms with van der Waals surface area (Å²) in [6.07, 6.45) is 0. The Morgan fingerprint density at radius 2 is 2.00 bits per heavy atom. The minimum Gasteiger partial charge on any atom is -0.465 e. The molecule has 8 heteroatoms. The molecule has 0 saturated heterocycles. The van der Waals surface area contributed by atoms with Crippen molar-refractivity contribution in [3.8, 4) is 0 Å². The van der Waals surface area contributed by atoms with Gasteiger partial charge in [-0.2, -0.15) is 0 Å². The zero-order valence-electron chi connectivity index (χ0n) is 11.6. The van der Waals surface area contributed by atoms with Crippen LogP contribution in [0.25, 0.3) is 0 Å². The second-order valence-electron chi connectivity index (χ2n) is 4.49. The van der Waals surface area contributed by atoms with E-state index >= 15 is 0 Å². The minimum atomic E-state index is -3.71. The number of sulfonamides is 1. The van der Waals surface area contributed by atoms with Gasteiger partial charge in [-0.05, 0) is 20.8 Å². The number of hydrogen-bond donors (Lipinski definition) is 2. The Morgan fingerprint density at radius 3 is 2.55 bits per heavy atom. The third kappa shape index (κ3) is 2.77. The molecule has 2 aromatic rings. The Labute approximate surface area is 117 Å². The summed E-state index contributed by atoms with van der Waals surface area (Å²) >= 11 is 0. The van der Waals surface area contributed by atoms with Crippen molar-refractivity contribution in [3.05, 3.63) is 34.6 Å². The van der Waals surface area contributed by atoms with Gasteiger partial charge in [-0.3, -0.25) is 0 Å². The summed E-state index contributed by atoms with van der Waals surface area (Å²) in [6, 6.07) is 1.67. The first-order valence-electron chi connectivity index (χ1n) is 6.06. The molecule has 0 amide bonds. The fourth-order valence-electron chi connectivity index (χ4n) is 2.04. The number of furan rings is 1. The lowest BCUT2D eigenvalue weighted by atomic mass is 10.2. The summed E-state index contributed by atoms with van der Waals surface area (Å²) < 4.78 is 37.4. The fraction of sp³-hybridized carbons (Fsp3) is 0.417. The summed E-state index contributed by atoms with van der Waals surface area (Å²) in [4.78, 5) is 0.105. The van der Waals surface area contributed by atoms with Crippen LogP contribution >= 0.6 is 0 Å². The smallest absolute Gasteiger partial charge is 0.244 e. The molecule has 2 heterocycles. The summed E-state index contributed by atoms with van der Waals surface area (Å²) in [6.45, 7) is 5.17. The van der Waals surface area contributed by atoms with E-state index in [9.17, 15) is 8.42 Å². The molecule has 0 aliphatic rings. The molecule has 0 atom stereocenters. The van der Waals surface area contributed by atoms with E-state index < -0.39 is 10.0 Å². The van der Waals surface area contributed by atoms with Crippen LogP contribution in [0, 0.1) is 20.8 Å². The van der Waals surface area contributed by atoms with Gasteiger partial charge in [-0.1, -0.05) is 5.16 Å². The summed E-state index contributed by atoms with van der Waals surface area (Å²) in [7, 11) is -3.71. The molecule has 2 aromatic heterocycles. The van der Waals surface area contributed by atoms with Gasteiger partial charge in [0, 0.05) is 18.2 Å². The number of aryl methyl sites for hydroxylation is 3. The van der Waals surface area contributed by atoms with E-state index in [4.69, 9.17) is 14.7 Å². The van der Waals surface area contributed by atoms with Crippen molar-refractivity contribution >= 4 is 10.0 Å². The van der Waals surface area contributed by atoms with E-state index in [1.54, 1.807) is 26.8 Å². The number of nitrogens with two attached hydrogens (primary N) is 1. The molecule has 0 radical (unpaired) electrons. The maximum atomic E-state index is 12.3. The van der Waals surface area contributed by atoms with Crippen molar-refractivity contribution in [1.29, 1.82) is 0 Å². The van der Waals surface area contributed by atoms with Gasteiger partial charge < -0.3 is 14.7 Å². The first-order chi connectivity index (χ1) is 9.35. The van der Waals surface area contributed by atoms with Crippen molar-refractivity contribution in [2.24, 2.45) is 5.73 Å². The maximum absolute atomic E-state index is 12.3. The molecule has 20 heavy (non-hydrogen) atoms. The molecule has 0 unspecified atom stereocenters. The molecule has 0 aromatic carbocycles. The van der Waals surface area contributed by atoms with Crippen LogP contribution in [-0.2, 0) is 23.1 Å². The third-order valence-corrected chi connectivity index (χ3v) is 4.51. The number of nitrogens with zero attached hydrogens (tertiary/aromatic N) is 1. The summed E-state index contributed by atoms with van der Waals surface area (Å²) in [5, 5.41) is 3.70. The van der Waals surface area contributed by atoms with Crippen molar-refractivity contribution in [1.82, 2.24) is 9.88 Å². The molecule has 0 saturated carbocycles.